The number of benzene rings is 1. The molecule has 0 atom stereocenters. The maximum absolute atomic E-state index is 4.16. The summed E-state index contributed by atoms with van der Waals surface area (Å²) < 4.78 is 0. The van der Waals surface area contributed by atoms with E-state index in [9.17, 15) is 0 Å². The van der Waals surface area contributed by atoms with Crippen molar-refractivity contribution in [3.8, 4) is 0 Å². The second kappa shape index (κ2) is 3.41. The molecule has 0 saturated heterocycles. The maximum Gasteiger partial charge on any atom is 0.0340 e. The van der Waals surface area contributed by atoms with E-state index in [1.807, 2.05) is 7.05 Å². The molecule has 0 bridgehead atoms. The summed E-state index contributed by atoms with van der Waals surface area (Å²) in [5.74, 6) is 0. The molecule has 0 aliphatic heterocycles. The van der Waals surface area contributed by atoms with E-state index >= 15 is 0 Å². The summed E-state index contributed by atoms with van der Waals surface area (Å²) in [5, 5.41) is 3.20. The van der Waals surface area contributed by atoms with Crippen molar-refractivity contribution >= 4 is 11.3 Å². The number of hydrogen-bond acceptors (Lipinski definition) is 1. The van der Waals surface area contributed by atoms with Gasteiger partial charge in [-0.1, -0.05) is 26.5 Å². The molecule has 1 aromatic carbocycles. The third kappa shape index (κ3) is 1.67. The van der Waals surface area contributed by atoms with Gasteiger partial charge in [0.05, 0.1) is 0 Å². The molecule has 0 unspecified atom stereocenters. The maximum atomic E-state index is 4.16. The number of nitrogens with one attached hydrogen (secondary N) is 1. The fourth-order valence-corrected chi connectivity index (χ4v) is 2.30. The van der Waals surface area contributed by atoms with Crippen molar-refractivity contribution in [2.45, 2.75) is 32.1 Å². The minimum Gasteiger partial charge on any atom is -0.388 e. The highest BCUT2D eigenvalue weighted by molar-refractivity contribution is 5.72. The lowest BCUT2D eigenvalue weighted by molar-refractivity contribution is 0.475. The van der Waals surface area contributed by atoms with Gasteiger partial charge in [0.1, 0.15) is 0 Å². The number of anilines is 1. The van der Waals surface area contributed by atoms with Crippen molar-refractivity contribution in [2.75, 3.05) is 12.4 Å². The third-order valence-corrected chi connectivity index (χ3v) is 3.47. The smallest absolute Gasteiger partial charge is 0.0340 e. The minimum atomic E-state index is 0.281. The lowest BCUT2D eigenvalue weighted by Crippen LogP contribution is -2.23. The molecule has 0 saturated carbocycles. The van der Waals surface area contributed by atoms with Crippen LogP contribution in [-0.4, -0.2) is 7.05 Å². The predicted octanol–water partition coefficient (Wildman–Crippen LogP) is 3.81. The summed E-state index contributed by atoms with van der Waals surface area (Å²) in [6, 6.07) is 6.59. The van der Waals surface area contributed by atoms with Gasteiger partial charge in [-0.25, -0.2) is 0 Å². The van der Waals surface area contributed by atoms with E-state index in [0.717, 1.165) is 6.42 Å². The van der Waals surface area contributed by atoms with E-state index in [1.165, 1.54) is 28.8 Å². The van der Waals surface area contributed by atoms with Crippen LogP contribution in [0.1, 0.15) is 37.8 Å². The molecule has 1 N–H and O–H groups in total. The monoisotopic (exact) mass is 201 g/mol. The highest BCUT2D eigenvalue weighted by atomic mass is 14.8. The summed E-state index contributed by atoms with van der Waals surface area (Å²) in [6.07, 6.45) is 2.32. The number of allylic oxidation sites excluding steroid dienone is 1. The Hall–Kier alpha value is -1.24. The lowest BCUT2D eigenvalue weighted by Gasteiger charge is -2.34. The van der Waals surface area contributed by atoms with E-state index in [-0.39, 0.29) is 5.41 Å². The van der Waals surface area contributed by atoms with Gasteiger partial charge in [-0.3, -0.25) is 0 Å². The van der Waals surface area contributed by atoms with Crippen molar-refractivity contribution in [3.63, 3.8) is 0 Å². The van der Waals surface area contributed by atoms with Gasteiger partial charge in [0.2, 0.25) is 0 Å². The van der Waals surface area contributed by atoms with Crippen LogP contribution >= 0.6 is 0 Å². The standard InChI is InChI=1S/C14H19N/c1-10-7-8-14(2,3)13-9-11(15-4)5-6-12(10)13/h5-6,9,15H,1,7-8H2,2-4H3. The van der Waals surface area contributed by atoms with E-state index in [0.29, 0.717) is 0 Å². The first kappa shape index (κ1) is 10.3. The molecule has 1 heteroatoms. The van der Waals surface area contributed by atoms with Crippen LogP contribution in [0.5, 0.6) is 0 Å². The molecule has 1 aliphatic rings. The predicted molar refractivity (Wildman–Crippen MR) is 67.3 cm³/mol. The normalized spacial score (nSPS) is 18.5. The van der Waals surface area contributed by atoms with Crippen LogP contribution in [0, 0.1) is 0 Å². The average molecular weight is 201 g/mol. The molecule has 80 valence electrons. The number of hydrogen-bond donors (Lipinski definition) is 1. The Balaban J connectivity index is 2.58. The fourth-order valence-electron chi connectivity index (χ4n) is 2.30. The molecule has 0 fully saturated rings. The SMILES string of the molecule is C=C1CCC(C)(C)c2cc(NC)ccc21. The molecule has 1 aliphatic carbocycles. The van der Waals surface area contributed by atoms with Crippen LogP contribution in [0.25, 0.3) is 5.57 Å². The zero-order chi connectivity index (χ0) is 11.1. The van der Waals surface area contributed by atoms with Gasteiger partial charge in [-0.15, -0.1) is 0 Å². The Kier molecular flexibility index (Phi) is 2.34. The lowest BCUT2D eigenvalue weighted by atomic mass is 9.71. The molecule has 0 spiro atoms. The Morgan fingerprint density at radius 1 is 1.33 bits per heavy atom. The van der Waals surface area contributed by atoms with Crippen molar-refractivity contribution in [2.24, 2.45) is 0 Å². The Labute approximate surface area is 92.2 Å². The quantitative estimate of drug-likeness (QED) is 0.728. The number of rotatable bonds is 1. The Bertz CT molecular complexity index is 402. The molecular weight excluding hydrogens is 182 g/mol. The van der Waals surface area contributed by atoms with E-state index in [4.69, 9.17) is 0 Å². The van der Waals surface area contributed by atoms with Crippen LogP contribution in [0.2, 0.25) is 0 Å². The summed E-state index contributed by atoms with van der Waals surface area (Å²) >= 11 is 0. The zero-order valence-corrected chi connectivity index (χ0v) is 9.85. The molecule has 0 radical (unpaired) electrons. The molecule has 0 aromatic heterocycles. The second-order valence-electron chi connectivity index (χ2n) is 5.00. The van der Waals surface area contributed by atoms with Crippen LogP contribution in [0.4, 0.5) is 5.69 Å². The zero-order valence-electron chi connectivity index (χ0n) is 9.85. The Morgan fingerprint density at radius 2 is 2.07 bits per heavy atom. The van der Waals surface area contributed by atoms with Crippen molar-refractivity contribution in [1.82, 2.24) is 0 Å². The summed E-state index contributed by atoms with van der Waals surface area (Å²) in [7, 11) is 1.96. The molecule has 0 heterocycles. The second-order valence-corrected chi connectivity index (χ2v) is 5.00. The van der Waals surface area contributed by atoms with E-state index in [1.54, 1.807) is 0 Å². The molecule has 1 nitrogen and oxygen atoms in total. The highest BCUT2D eigenvalue weighted by Gasteiger charge is 2.28. The van der Waals surface area contributed by atoms with Crippen LogP contribution in [0.15, 0.2) is 24.8 Å². The summed E-state index contributed by atoms with van der Waals surface area (Å²) in [4.78, 5) is 0. The Morgan fingerprint density at radius 3 is 2.73 bits per heavy atom. The van der Waals surface area contributed by atoms with Gasteiger partial charge < -0.3 is 5.32 Å². The summed E-state index contributed by atoms with van der Waals surface area (Å²) in [6.45, 7) is 8.79. The van der Waals surface area contributed by atoms with Gasteiger partial charge in [-0.2, -0.15) is 0 Å². The van der Waals surface area contributed by atoms with Crippen LogP contribution < -0.4 is 5.32 Å². The molecule has 2 rings (SSSR count). The first-order valence-corrected chi connectivity index (χ1v) is 5.55. The molecule has 15 heavy (non-hydrogen) atoms. The van der Waals surface area contributed by atoms with Gasteiger partial charge in [0.15, 0.2) is 0 Å². The highest BCUT2D eigenvalue weighted by Crippen LogP contribution is 2.42. The summed E-state index contributed by atoms with van der Waals surface area (Å²) in [5.41, 5.74) is 5.54. The van der Waals surface area contributed by atoms with Crippen LogP contribution in [0.3, 0.4) is 0 Å². The van der Waals surface area contributed by atoms with E-state index in [2.05, 4.69) is 43.9 Å². The molecule has 0 amide bonds. The van der Waals surface area contributed by atoms with E-state index < -0.39 is 0 Å². The first-order chi connectivity index (χ1) is 7.04. The minimum absolute atomic E-state index is 0.281. The number of fused-ring (bicyclic) bond motifs is 1. The largest absolute Gasteiger partial charge is 0.388 e. The molecular formula is C14H19N. The van der Waals surface area contributed by atoms with Crippen molar-refractivity contribution in [1.29, 1.82) is 0 Å². The van der Waals surface area contributed by atoms with Gasteiger partial charge >= 0.3 is 0 Å². The first-order valence-electron chi connectivity index (χ1n) is 5.55. The topological polar surface area (TPSA) is 12.0 Å². The van der Waals surface area contributed by atoms with Gasteiger partial charge in [0, 0.05) is 12.7 Å². The van der Waals surface area contributed by atoms with Gasteiger partial charge in [-0.05, 0) is 47.1 Å². The van der Waals surface area contributed by atoms with Crippen molar-refractivity contribution < 1.29 is 0 Å². The third-order valence-electron chi connectivity index (χ3n) is 3.47. The van der Waals surface area contributed by atoms with Gasteiger partial charge in [0.25, 0.3) is 0 Å². The fraction of sp³-hybridized carbons (Fsp3) is 0.429. The average Bonchev–Trinajstić information content (AvgIpc) is 2.24. The molecule has 1 aromatic rings. The van der Waals surface area contributed by atoms with Crippen LogP contribution in [-0.2, 0) is 5.41 Å². The van der Waals surface area contributed by atoms with Crippen molar-refractivity contribution in [3.05, 3.63) is 35.9 Å².